The van der Waals surface area contributed by atoms with Crippen molar-refractivity contribution in [3.05, 3.63) is 32.8 Å². The van der Waals surface area contributed by atoms with E-state index in [-0.39, 0.29) is 11.3 Å². The van der Waals surface area contributed by atoms with Crippen LogP contribution in [0, 0.1) is 0 Å². The number of thiophene rings is 1. The van der Waals surface area contributed by atoms with Gasteiger partial charge >= 0.3 is 0 Å². The van der Waals surface area contributed by atoms with Crippen molar-refractivity contribution in [1.82, 2.24) is 14.5 Å². The van der Waals surface area contributed by atoms with Crippen molar-refractivity contribution in [2.24, 2.45) is 0 Å². The molecule has 0 radical (unpaired) electrons. The van der Waals surface area contributed by atoms with E-state index in [1.165, 1.54) is 11.3 Å². The van der Waals surface area contributed by atoms with Crippen molar-refractivity contribution < 1.29 is 4.79 Å². The Morgan fingerprint density at radius 2 is 2.05 bits per heavy atom. The molecule has 0 saturated carbocycles. The Bertz CT molecular complexity index is 889. The number of fused-ring (bicyclic) bond motifs is 4. The fourth-order valence-corrected chi connectivity index (χ4v) is 4.55. The van der Waals surface area contributed by atoms with Gasteiger partial charge in [-0.25, -0.2) is 4.98 Å². The lowest BCUT2D eigenvalue weighted by molar-refractivity contribution is 0.0977. The van der Waals surface area contributed by atoms with Crippen molar-refractivity contribution in [1.29, 1.82) is 0 Å². The van der Waals surface area contributed by atoms with E-state index in [1.54, 1.807) is 4.57 Å². The molecule has 3 heterocycles. The molecule has 2 aromatic heterocycles. The van der Waals surface area contributed by atoms with Crippen LogP contribution in [0.5, 0.6) is 0 Å². The van der Waals surface area contributed by atoms with Gasteiger partial charge in [-0.15, -0.1) is 11.3 Å². The molecule has 0 amide bonds. The Morgan fingerprint density at radius 1 is 1.23 bits per heavy atom. The SMILES string of the molecule is CN(C)/C=C1/CCn2c1nc1sc3c(c1c2=O)CCCC3=O. The van der Waals surface area contributed by atoms with Crippen molar-refractivity contribution in [3.63, 3.8) is 0 Å². The number of allylic oxidation sites excluding steroid dienone is 1. The van der Waals surface area contributed by atoms with Crippen LogP contribution in [0.1, 0.15) is 40.3 Å². The molecule has 0 fully saturated rings. The molecule has 0 bridgehead atoms. The van der Waals surface area contributed by atoms with Crippen LogP contribution in [0.4, 0.5) is 0 Å². The van der Waals surface area contributed by atoms with Gasteiger partial charge in [-0.3, -0.25) is 14.2 Å². The smallest absolute Gasteiger partial charge is 0.262 e. The second-order valence-corrected chi connectivity index (χ2v) is 7.13. The summed E-state index contributed by atoms with van der Waals surface area (Å²) < 4.78 is 1.77. The lowest BCUT2D eigenvalue weighted by Gasteiger charge is -2.09. The molecule has 0 spiro atoms. The Balaban J connectivity index is 2.01. The molecule has 2 aliphatic rings. The highest BCUT2D eigenvalue weighted by atomic mass is 32.1. The third-order valence-corrected chi connectivity index (χ3v) is 5.47. The van der Waals surface area contributed by atoms with Gasteiger partial charge in [0, 0.05) is 38.8 Å². The number of ketones is 1. The molecule has 114 valence electrons. The van der Waals surface area contributed by atoms with Crippen LogP contribution < -0.4 is 5.56 Å². The number of carbonyl (C=O) groups is 1. The van der Waals surface area contributed by atoms with Crippen LogP contribution in [0.2, 0.25) is 0 Å². The molecule has 5 nitrogen and oxygen atoms in total. The summed E-state index contributed by atoms with van der Waals surface area (Å²) in [6, 6.07) is 0. The van der Waals surface area contributed by atoms with Gasteiger partial charge in [-0.2, -0.15) is 0 Å². The molecule has 6 heteroatoms. The molecule has 0 unspecified atom stereocenters. The maximum Gasteiger partial charge on any atom is 0.262 e. The lowest BCUT2D eigenvalue weighted by atomic mass is 9.96. The van der Waals surface area contributed by atoms with Crippen molar-refractivity contribution in [3.8, 4) is 0 Å². The normalized spacial score (nSPS) is 18.8. The first-order chi connectivity index (χ1) is 10.6. The van der Waals surface area contributed by atoms with Gasteiger partial charge in [0.05, 0.1) is 10.3 Å². The molecule has 4 rings (SSSR count). The Kier molecular flexibility index (Phi) is 2.97. The molecule has 22 heavy (non-hydrogen) atoms. The van der Waals surface area contributed by atoms with Crippen molar-refractivity contribution in [2.75, 3.05) is 14.1 Å². The maximum atomic E-state index is 12.9. The summed E-state index contributed by atoms with van der Waals surface area (Å²) in [4.78, 5) is 33.1. The van der Waals surface area contributed by atoms with E-state index in [4.69, 9.17) is 4.98 Å². The molecular weight excluding hydrogens is 298 g/mol. The molecule has 2 aromatic rings. The third-order valence-electron chi connectivity index (χ3n) is 4.30. The van der Waals surface area contributed by atoms with Crippen molar-refractivity contribution >= 4 is 32.9 Å². The van der Waals surface area contributed by atoms with Gasteiger partial charge in [0.25, 0.3) is 5.56 Å². The Labute approximate surface area is 131 Å². The van der Waals surface area contributed by atoms with Gasteiger partial charge in [0.1, 0.15) is 10.7 Å². The number of aromatic nitrogens is 2. The monoisotopic (exact) mass is 315 g/mol. The van der Waals surface area contributed by atoms with E-state index in [0.717, 1.165) is 45.9 Å². The molecule has 0 N–H and O–H groups in total. The van der Waals surface area contributed by atoms with Crippen molar-refractivity contribution in [2.45, 2.75) is 32.2 Å². The number of Topliss-reactive ketones (excluding diaryl/α,β-unsaturated/α-hetero) is 1. The zero-order valence-electron chi connectivity index (χ0n) is 12.7. The quantitative estimate of drug-likeness (QED) is 0.810. The Morgan fingerprint density at radius 3 is 2.82 bits per heavy atom. The van der Waals surface area contributed by atoms with Gasteiger partial charge in [-0.05, 0) is 24.8 Å². The highest BCUT2D eigenvalue weighted by Crippen LogP contribution is 2.35. The number of aryl methyl sites for hydroxylation is 1. The Hall–Kier alpha value is -1.95. The number of carbonyl (C=O) groups excluding carboxylic acids is 1. The van der Waals surface area contributed by atoms with Crippen LogP contribution in [0.25, 0.3) is 15.8 Å². The van der Waals surface area contributed by atoms with E-state index >= 15 is 0 Å². The van der Waals surface area contributed by atoms with E-state index in [1.807, 2.05) is 25.2 Å². The van der Waals surface area contributed by atoms with Gasteiger partial charge < -0.3 is 4.90 Å². The minimum atomic E-state index is 0.0226. The summed E-state index contributed by atoms with van der Waals surface area (Å²) in [6.45, 7) is 0.676. The van der Waals surface area contributed by atoms with E-state index in [0.29, 0.717) is 18.4 Å². The second kappa shape index (κ2) is 4.78. The summed E-state index contributed by atoms with van der Waals surface area (Å²) in [5, 5.41) is 0.683. The number of hydrogen-bond acceptors (Lipinski definition) is 5. The van der Waals surface area contributed by atoms with Crippen LogP contribution in [-0.2, 0) is 13.0 Å². The lowest BCUT2D eigenvalue weighted by Crippen LogP contribution is -2.21. The minimum absolute atomic E-state index is 0.0226. The molecular formula is C16H17N3O2S. The minimum Gasteiger partial charge on any atom is -0.383 e. The average Bonchev–Trinajstić information content (AvgIpc) is 3.02. The average molecular weight is 315 g/mol. The summed E-state index contributed by atoms with van der Waals surface area (Å²) in [5.41, 5.74) is 2.05. The summed E-state index contributed by atoms with van der Waals surface area (Å²) in [6.07, 6.45) is 5.10. The highest BCUT2D eigenvalue weighted by Gasteiger charge is 2.28. The third kappa shape index (κ3) is 1.86. The van der Waals surface area contributed by atoms with E-state index < -0.39 is 0 Å². The van der Waals surface area contributed by atoms with Crippen LogP contribution in [0.15, 0.2) is 11.0 Å². The van der Waals surface area contributed by atoms with Crippen LogP contribution >= 0.6 is 11.3 Å². The fraction of sp³-hybridized carbons (Fsp3) is 0.438. The van der Waals surface area contributed by atoms with Gasteiger partial charge in [-0.1, -0.05) is 0 Å². The predicted molar refractivity (Wildman–Crippen MR) is 87.4 cm³/mol. The van der Waals surface area contributed by atoms with Gasteiger partial charge in [0.2, 0.25) is 0 Å². The summed E-state index contributed by atoms with van der Waals surface area (Å²) in [7, 11) is 3.93. The molecule has 0 atom stereocenters. The largest absolute Gasteiger partial charge is 0.383 e. The van der Waals surface area contributed by atoms with Gasteiger partial charge in [0.15, 0.2) is 5.78 Å². The number of nitrogens with zero attached hydrogens (tertiary/aromatic N) is 3. The number of rotatable bonds is 1. The highest BCUT2D eigenvalue weighted by molar-refractivity contribution is 7.20. The summed E-state index contributed by atoms with van der Waals surface area (Å²) in [5.74, 6) is 0.926. The molecule has 1 aliphatic heterocycles. The first-order valence-electron chi connectivity index (χ1n) is 7.53. The topological polar surface area (TPSA) is 55.2 Å². The number of hydrogen-bond donors (Lipinski definition) is 0. The fourth-order valence-electron chi connectivity index (χ4n) is 3.37. The van der Waals surface area contributed by atoms with E-state index in [2.05, 4.69) is 0 Å². The zero-order chi connectivity index (χ0) is 15.4. The molecule has 1 aliphatic carbocycles. The van der Waals surface area contributed by atoms with Crippen LogP contribution in [-0.4, -0.2) is 34.3 Å². The maximum absolute atomic E-state index is 12.9. The standard InChI is InChI=1S/C16H17N3O2S/c1-18(2)8-9-6-7-19-14(9)17-15-12(16(19)21)10-4-3-5-11(20)13(10)22-15/h8H,3-7H2,1-2H3/b9-8-. The zero-order valence-corrected chi connectivity index (χ0v) is 13.5. The first-order valence-corrected chi connectivity index (χ1v) is 8.35. The van der Waals surface area contributed by atoms with E-state index in [9.17, 15) is 9.59 Å². The second-order valence-electron chi connectivity index (χ2n) is 6.13. The molecule has 0 aromatic carbocycles. The molecule has 0 saturated heterocycles. The predicted octanol–water partition coefficient (Wildman–Crippen LogP) is 2.28. The first kappa shape index (κ1) is 13.7. The van der Waals surface area contributed by atoms with Crippen LogP contribution in [0.3, 0.4) is 0 Å². The summed E-state index contributed by atoms with van der Waals surface area (Å²) >= 11 is 1.39.